The Morgan fingerprint density at radius 1 is 1.43 bits per heavy atom. The van der Waals surface area contributed by atoms with Gasteiger partial charge in [0.25, 0.3) is 11.5 Å². The number of carbonyl (C=O) groups is 2. The summed E-state index contributed by atoms with van der Waals surface area (Å²) in [4.78, 5) is 35.9. The van der Waals surface area contributed by atoms with Gasteiger partial charge in [-0.25, -0.2) is 9.48 Å². The SMILES string of the molecule is Cc1nn(C)c(=O)c(C(=O)NC2(C(=O)O)CCOC2)c1C. The second-order valence-electron chi connectivity index (χ2n) is 5.16. The minimum absolute atomic E-state index is 0.0856. The van der Waals surface area contributed by atoms with Gasteiger partial charge in [-0.2, -0.15) is 5.10 Å². The number of aliphatic carboxylic acids is 1. The van der Waals surface area contributed by atoms with Crippen LogP contribution >= 0.6 is 0 Å². The van der Waals surface area contributed by atoms with Crippen molar-refractivity contribution in [3.05, 3.63) is 27.2 Å². The van der Waals surface area contributed by atoms with Gasteiger partial charge in [-0.3, -0.25) is 9.59 Å². The van der Waals surface area contributed by atoms with Crippen molar-refractivity contribution < 1.29 is 19.4 Å². The van der Waals surface area contributed by atoms with Gasteiger partial charge in [0.1, 0.15) is 5.56 Å². The highest BCUT2D eigenvalue weighted by molar-refractivity contribution is 5.99. The van der Waals surface area contributed by atoms with Crippen LogP contribution in [0.5, 0.6) is 0 Å². The third-order valence-corrected chi connectivity index (χ3v) is 3.74. The number of carboxylic acid groups (broad SMARTS) is 1. The Balaban J connectivity index is 2.42. The number of carboxylic acids is 1. The second kappa shape index (κ2) is 5.28. The Hall–Kier alpha value is -2.22. The van der Waals surface area contributed by atoms with Crippen molar-refractivity contribution in [2.75, 3.05) is 13.2 Å². The molecule has 8 nitrogen and oxygen atoms in total. The topological polar surface area (TPSA) is 111 Å². The molecule has 0 saturated carbocycles. The summed E-state index contributed by atoms with van der Waals surface area (Å²) >= 11 is 0. The lowest BCUT2D eigenvalue weighted by Crippen LogP contribution is -2.56. The average Bonchev–Trinajstić information content (AvgIpc) is 2.86. The van der Waals surface area contributed by atoms with E-state index in [1.807, 2.05) is 0 Å². The molecule has 1 amide bonds. The van der Waals surface area contributed by atoms with E-state index in [0.717, 1.165) is 4.68 Å². The summed E-state index contributed by atoms with van der Waals surface area (Å²) in [5.41, 5.74) is -1.15. The Morgan fingerprint density at radius 2 is 2.10 bits per heavy atom. The zero-order chi connectivity index (χ0) is 15.8. The molecule has 1 aliphatic rings. The quantitative estimate of drug-likeness (QED) is 0.768. The average molecular weight is 295 g/mol. The lowest BCUT2D eigenvalue weighted by Gasteiger charge is -2.24. The van der Waals surface area contributed by atoms with Crippen LogP contribution in [0.25, 0.3) is 0 Å². The molecule has 0 bridgehead atoms. The summed E-state index contributed by atoms with van der Waals surface area (Å²) in [6, 6.07) is 0. The van der Waals surface area contributed by atoms with E-state index < -0.39 is 23.0 Å². The molecule has 2 heterocycles. The number of hydrogen-bond donors (Lipinski definition) is 2. The number of nitrogens with one attached hydrogen (secondary N) is 1. The van der Waals surface area contributed by atoms with Gasteiger partial charge in [-0.15, -0.1) is 0 Å². The zero-order valence-corrected chi connectivity index (χ0v) is 12.1. The molecule has 0 aliphatic carbocycles. The summed E-state index contributed by atoms with van der Waals surface area (Å²) in [6.45, 7) is 3.42. The first kappa shape index (κ1) is 15.2. The van der Waals surface area contributed by atoms with Gasteiger partial charge < -0.3 is 15.2 Å². The maximum atomic E-state index is 12.4. The Bertz CT molecular complexity index is 659. The van der Waals surface area contributed by atoms with Crippen molar-refractivity contribution in [3.8, 4) is 0 Å². The van der Waals surface area contributed by atoms with Crippen LogP contribution in [0.2, 0.25) is 0 Å². The molecule has 114 valence electrons. The molecule has 2 rings (SSSR count). The molecule has 8 heteroatoms. The van der Waals surface area contributed by atoms with E-state index in [-0.39, 0.29) is 25.2 Å². The maximum absolute atomic E-state index is 12.4. The van der Waals surface area contributed by atoms with Crippen LogP contribution in [-0.2, 0) is 16.6 Å². The van der Waals surface area contributed by atoms with E-state index in [0.29, 0.717) is 11.3 Å². The highest BCUT2D eigenvalue weighted by atomic mass is 16.5. The van der Waals surface area contributed by atoms with Gasteiger partial charge in [-0.05, 0) is 19.4 Å². The summed E-state index contributed by atoms with van der Waals surface area (Å²) in [7, 11) is 1.44. The van der Waals surface area contributed by atoms with Gasteiger partial charge in [0.15, 0.2) is 5.54 Å². The van der Waals surface area contributed by atoms with Crippen LogP contribution in [-0.4, -0.2) is 45.5 Å². The van der Waals surface area contributed by atoms with Crippen LogP contribution in [0.4, 0.5) is 0 Å². The number of amides is 1. The van der Waals surface area contributed by atoms with Crippen molar-refractivity contribution >= 4 is 11.9 Å². The van der Waals surface area contributed by atoms with Crippen molar-refractivity contribution in [3.63, 3.8) is 0 Å². The van der Waals surface area contributed by atoms with E-state index >= 15 is 0 Å². The monoisotopic (exact) mass is 295 g/mol. The minimum Gasteiger partial charge on any atom is -0.479 e. The predicted octanol–water partition coefficient (Wildman–Crippen LogP) is -0.629. The van der Waals surface area contributed by atoms with Gasteiger partial charge >= 0.3 is 5.97 Å². The molecule has 1 atom stereocenters. The molecule has 1 aliphatic heterocycles. The van der Waals surface area contributed by atoms with E-state index in [2.05, 4.69) is 10.4 Å². The van der Waals surface area contributed by atoms with Gasteiger partial charge in [0, 0.05) is 20.1 Å². The fourth-order valence-corrected chi connectivity index (χ4v) is 2.28. The first-order valence-corrected chi connectivity index (χ1v) is 6.46. The maximum Gasteiger partial charge on any atom is 0.331 e. The van der Waals surface area contributed by atoms with Crippen molar-refractivity contribution in [2.45, 2.75) is 25.8 Å². The van der Waals surface area contributed by atoms with E-state index in [4.69, 9.17) is 4.74 Å². The molecule has 1 fully saturated rings. The fraction of sp³-hybridized carbons (Fsp3) is 0.538. The molecule has 2 N–H and O–H groups in total. The highest BCUT2D eigenvalue weighted by Gasteiger charge is 2.44. The lowest BCUT2D eigenvalue weighted by atomic mass is 9.98. The number of ether oxygens (including phenoxy) is 1. The molecule has 1 aromatic heterocycles. The smallest absolute Gasteiger partial charge is 0.331 e. The van der Waals surface area contributed by atoms with Crippen LogP contribution in [0.1, 0.15) is 28.0 Å². The fourth-order valence-electron chi connectivity index (χ4n) is 2.28. The minimum atomic E-state index is -1.48. The number of nitrogens with zero attached hydrogens (tertiary/aromatic N) is 2. The van der Waals surface area contributed by atoms with Crippen molar-refractivity contribution in [1.29, 1.82) is 0 Å². The molecule has 21 heavy (non-hydrogen) atoms. The summed E-state index contributed by atoms with van der Waals surface area (Å²) in [6.07, 6.45) is 0.164. The molecule has 1 unspecified atom stereocenters. The van der Waals surface area contributed by atoms with Crippen LogP contribution in [0, 0.1) is 13.8 Å². The lowest BCUT2D eigenvalue weighted by molar-refractivity contribution is -0.144. The molecule has 0 aromatic carbocycles. The molecular formula is C13H17N3O5. The van der Waals surface area contributed by atoms with Crippen molar-refractivity contribution in [2.24, 2.45) is 7.05 Å². The predicted molar refractivity (Wildman–Crippen MR) is 72.2 cm³/mol. The number of aromatic nitrogens is 2. The van der Waals surface area contributed by atoms with E-state index in [1.54, 1.807) is 13.8 Å². The van der Waals surface area contributed by atoms with E-state index in [9.17, 15) is 19.5 Å². The molecule has 0 radical (unpaired) electrons. The third-order valence-electron chi connectivity index (χ3n) is 3.74. The standard InChI is InChI=1S/C13H17N3O5/c1-7-8(2)15-16(3)11(18)9(7)10(17)14-13(12(19)20)4-5-21-6-13/h4-6H2,1-3H3,(H,14,17)(H,19,20). The number of aryl methyl sites for hydroxylation is 2. The number of rotatable bonds is 3. The van der Waals surface area contributed by atoms with Crippen LogP contribution in [0.15, 0.2) is 4.79 Å². The summed E-state index contributed by atoms with van der Waals surface area (Å²) < 4.78 is 6.14. The summed E-state index contributed by atoms with van der Waals surface area (Å²) in [5, 5.41) is 15.7. The molecular weight excluding hydrogens is 278 g/mol. The van der Waals surface area contributed by atoms with Gasteiger partial charge in [0.05, 0.1) is 12.3 Å². The highest BCUT2D eigenvalue weighted by Crippen LogP contribution is 2.20. The van der Waals surface area contributed by atoms with Crippen LogP contribution < -0.4 is 10.9 Å². The van der Waals surface area contributed by atoms with Gasteiger partial charge in [-0.1, -0.05) is 0 Å². The Labute approximate surface area is 120 Å². The van der Waals surface area contributed by atoms with E-state index in [1.165, 1.54) is 7.05 Å². The molecule has 1 saturated heterocycles. The van der Waals surface area contributed by atoms with Crippen LogP contribution in [0.3, 0.4) is 0 Å². The van der Waals surface area contributed by atoms with Gasteiger partial charge in [0.2, 0.25) is 0 Å². The normalized spacial score (nSPS) is 21.3. The largest absolute Gasteiger partial charge is 0.479 e. The van der Waals surface area contributed by atoms with Crippen molar-refractivity contribution in [1.82, 2.24) is 15.1 Å². The third kappa shape index (κ3) is 2.54. The molecule has 0 spiro atoms. The molecule has 1 aromatic rings. The first-order chi connectivity index (χ1) is 9.78. The zero-order valence-electron chi connectivity index (χ0n) is 12.1. The second-order valence-corrected chi connectivity index (χ2v) is 5.16. The number of hydrogen-bond acceptors (Lipinski definition) is 5. The number of carbonyl (C=O) groups excluding carboxylic acids is 1. The Kier molecular flexibility index (Phi) is 3.82. The first-order valence-electron chi connectivity index (χ1n) is 6.46. The Morgan fingerprint density at radius 3 is 2.62 bits per heavy atom. The summed E-state index contributed by atoms with van der Waals surface area (Å²) in [5.74, 6) is -1.89.